The van der Waals surface area contributed by atoms with Crippen molar-refractivity contribution in [2.45, 2.75) is 151 Å². The van der Waals surface area contributed by atoms with Crippen LogP contribution in [0.2, 0.25) is 0 Å². The summed E-state index contributed by atoms with van der Waals surface area (Å²) in [6, 6.07) is -2.63. The molecule has 0 aromatic heterocycles. The molecule has 6 amide bonds. The largest absolute Gasteiger partial charge is 0.332 e. The first kappa shape index (κ1) is 57.9. The Bertz CT molecular complexity index is 1430. The average Bonchev–Trinajstić information content (AvgIpc) is 3.15. The number of carbonyl (C=O) groups excluding carboxylic acids is 6. The van der Waals surface area contributed by atoms with Gasteiger partial charge in [0.2, 0.25) is 35.4 Å². The second kappa shape index (κ2) is 24.9. The van der Waals surface area contributed by atoms with Crippen molar-refractivity contribution in [3.63, 3.8) is 0 Å². The molecule has 3 aliphatic rings. The third-order valence-electron chi connectivity index (χ3n) is 11.9. The zero-order valence-corrected chi connectivity index (χ0v) is 43.9. The van der Waals surface area contributed by atoms with Crippen LogP contribution in [0.1, 0.15) is 101 Å². The van der Waals surface area contributed by atoms with Gasteiger partial charge in [0.15, 0.2) is 3.79 Å². The van der Waals surface area contributed by atoms with E-state index in [4.69, 9.17) is 81.2 Å². The summed E-state index contributed by atoms with van der Waals surface area (Å²) in [5, 5.41) is 0. The van der Waals surface area contributed by atoms with E-state index in [2.05, 4.69) is 0 Å². The van der Waals surface area contributed by atoms with Crippen LogP contribution in [0.5, 0.6) is 0 Å². The van der Waals surface area contributed by atoms with Gasteiger partial charge < -0.3 is 29.4 Å². The van der Waals surface area contributed by atoms with Crippen molar-refractivity contribution >= 4 is 117 Å². The molecule has 0 radical (unpaired) electrons. The molecule has 0 spiro atoms. The van der Waals surface area contributed by atoms with E-state index >= 15 is 0 Å². The van der Waals surface area contributed by atoms with Gasteiger partial charge in [0, 0.05) is 48.2 Å². The summed E-state index contributed by atoms with van der Waals surface area (Å²) in [5.74, 6) is 0.429. The SMILES string of the molecule is CC(C)CC1C(=O)N(C)C(CC(C)C(Cl)(Cl)Cl)C(=O)N1C.CC(C)CC1C(=O)N(C)C(CC(C)C(Cl)Cl)C(=O)N1C.CC(C)CC1C(=O)N(C)C(CC(C)C(Cl)Cl)C(=O)N1C. The minimum absolute atomic E-state index is 0.00121. The lowest BCUT2D eigenvalue weighted by Crippen LogP contribution is -2.63. The van der Waals surface area contributed by atoms with Crippen LogP contribution in [0.4, 0.5) is 0 Å². The lowest BCUT2D eigenvalue weighted by molar-refractivity contribution is -0.159. The molecule has 3 heterocycles. The fourth-order valence-electron chi connectivity index (χ4n) is 7.60. The lowest BCUT2D eigenvalue weighted by atomic mass is 9.93. The Hall–Kier alpha value is -1.15. The Morgan fingerprint density at radius 1 is 0.377 bits per heavy atom. The van der Waals surface area contributed by atoms with Crippen molar-refractivity contribution in [3.05, 3.63) is 0 Å². The maximum atomic E-state index is 12.5. The number of amides is 6. The predicted molar refractivity (Wildman–Crippen MR) is 250 cm³/mol. The molecule has 9 unspecified atom stereocenters. The molecule has 0 aromatic rings. The lowest BCUT2D eigenvalue weighted by Gasteiger charge is -2.43. The molecule has 3 aliphatic heterocycles. The summed E-state index contributed by atoms with van der Waals surface area (Å²) in [6.45, 7) is 17.8. The van der Waals surface area contributed by atoms with Crippen molar-refractivity contribution < 1.29 is 28.8 Å². The predicted octanol–water partition coefficient (Wildman–Crippen LogP) is 8.16. The van der Waals surface area contributed by atoms with Gasteiger partial charge in [-0.2, -0.15) is 0 Å². The number of likely N-dealkylation sites (N-methyl/N-ethyl adjacent to an activating group) is 6. The van der Waals surface area contributed by atoms with Gasteiger partial charge in [0.25, 0.3) is 0 Å². The summed E-state index contributed by atoms with van der Waals surface area (Å²) in [4.78, 5) is 83.1. The van der Waals surface area contributed by atoms with Crippen molar-refractivity contribution in [3.8, 4) is 0 Å². The molecule has 3 saturated heterocycles. The zero-order chi connectivity index (χ0) is 47.8. The van der Waals surface area contributed by atoms with Crippen molar-refractivity contribution in [2.75, 3.05) is 42.3 Å². The molecule has 3 rings (SSSR count). The molecule has 0 aromatic carbocycles. The first-order valence-corrected chi connectivity index (χ1v) is 23.9. The van der Waals surface area contributed by atoms with E-state index in [0.717, 1.165) is 0 Å². The van der Waals surface area contributed by atoms with Crippen LogP contribution in [0, 0.1) is 35.5 Å². The Morgan fingerprint density at radius 3 is 0.721 bits per heavy atom. The van der Waals surface area contributed by atoms with Crippen LogP contribution >= 0.6 is 81.2 Å². The number of piperazine rings is 3. The number of hydrogen-bond acceptors (Lipinski definition) is 6. The standard InChI is InChI=1S/C14H23Cl3N2O2.2C14H24Cl2N2O2/c1-8(2)6-10-12(20)19(5)11(13(21)18(10)4)7-9(3)14(15,16)17;2*1-8(2)6-10-13(19)18(5)11(14(20)17(10)4)7-9(3)12(15)16/h8-11H,6-7H2,1-5H3;2*8-12H,6-7H2,1-5H3. The summed E-state index contributed by atoms with van der Waals surface area (Å²) >= 11 is 41.0. The van der Waals surface area contributed by atoms with Crippen LogP contribution in [0.3, 0.4) is 0 Å². The zero-order valence-electron chi connectivity index (χ0n) is 38.6. The van der Waals surface area contributed by atoms with Gasteiger partial charge in [-0.3, -0.25) is 28.8 Å². The third kappa shape index (κ3) is 16.1. The molecule has 61 heavy (non-hydrogen) atoms. The second-order valence-corrected chi connectivity index (χ2v) is 23.1. The summed E-state index contributed by atoms with van der Waals surface area (Å²) < 4.78 is -1.45. The highest BCUT2D eigenvalue weighted by molar-refractivity contribution is 6.67. The monoisotopic (exact) mass is 1000 g/mol. The number of hydrogen-bond donors (Lipinski definition) is 0. The molecule has 3 fully saturated rings. The van der Waals surface area contributed by atoms with E-state index in [1.165, 1.54) is 9.80 Å². The van der Waals surface area contributed by atoms with Crippen molar-refractivity contribution in [1.82, 2.24) is 29.4 Å². The fraction of sp³-hybridized carbons (Fsp3) is 0.857. The highest BCUT2D eigenvalue weighted by Crippen LogP contribution is 2.39. The van der Waals surface area contributed by atoms with E-state index in [0.29, 0.717) is 56.3 Å². The van der Waals surface area contributed by atoms with Crippen molar-refractivity contribution in [2.24, 2.45) is 35.5 Å². The van der Waals surface area contributed by atoms with E-state index < -0.39 is 37.6 Å². The first-order valence-electron chi connectivity index (χ1n) is 21.0. The van der Waals surface area contributed by atoms with Gasteiger partial charge >= 0.3 is 0 Å². The van der Waals surface area contributed by atoms with Crippen molar-refractivity contribution in [1.29, 1.82) is 0 Å². The van der Waals surface area contributed by atoms with E-state index in [9.17, 15) is 28.8 Å². The fourth-order valence-corrected chi connectivity index (χ4v) is 8.28. The normalized spacial score (nSPS) is 25.8. The number of rotatable bonds is 14. The maximum absolute atomic E-state index is 12.5. The number of nitrogens with zero attached hydrogens (tertiary/aromatic N) is 6. The minimum Gasteiger partial charge on any atom is -0.332 e. The van der Waals surface area contributed by atoms with Gasteiger partial charge in [-0.1, -0.05) is 97.1 Å². The van der Waals surface area contributed by atoms with Crippen LogP contribution in [-0.2, 0) is 28.8 Å². The smallest absolute Gasteiger partial charge is 0.245 e. The van der Waals surface area contributed by atoms with Crippen LogP contribution in [0.15, 0.2) is 0 Å². The van der Waals surface area contributed by atoms with Gasteiger partial charge in [0.1, 0.15) is 45.9 Å². The molecular weight excluding hydrogens is 933 g/mol. The van der Waals surface area contributed by atoms with Crippen LogP contribution in [0.25, 0.3) is 0 Å². The number of alkyl halides is 7. The third-order valence-corrected chi connectivity index (χ3v) is 14.7. The molecule has 19 heteroatoms. The number of carbonyl (C=O) groups is 6. The highest BCUT2D eigenvalue weighted by atomic mass is 35.6. The molecule has 9 atom stereocenters. The molecule has 354 valence electrons. The average molecular weight is 1000 g/mol. The van der Waals surface area contributed by atoms with E-state index in [1.807, 2.05) is 55.4 Å². The Kier molecular flexibility index (Phi) is 23.7. The molecule has 0 saturated carbocycles. The Morgan fingerprint density at radius 2 is 0.557 bits per heavy atom. The van der Waals surface area contributed by atoms with Crippen LogP contribution in [-0.4, -0.2) is 157 Å². The summed E-state index contributed by atoms with van der Waals surface area (Å²) in [6.07, 6.45) is 3.31. The van der Waals surface area contributed by atoms with Gasteiger partial charge in [-0.15, -0.1) is 46.4 Å². The van der Waals surface area contributed by atoms with E-state index in [1.54, 1.807) is 68.8 Å². The molecular formula is C42H71Cl7N6O6. The molecule has 12 nitrogen and oxygen atoms in total. The summed E-state index contributed by atoms with van der Waals surface area (Å²) in [5.41, 5.74) is 0. The maximum Gasteiger partial charge on any atom is 0.245 e. The molecule has 0 aliphatic carbocycles. The highest BCUT2D eigenvalue weighted by Gasteiger charge is 2.46. The van der Waals surface area contributed by atoms with Gasteiger partial charge in [0.05, 0.1) is 0 Å². The van der Waals surface area contributed by atoms with E-state index in [-0.39, 0.29) is 65.3 Å². The van der Waals surface area contributed by atoms with Gasteiger partial charge in [-0.25, -0.2) is 0 Å². The first-order chi connectivity index (χ1) is 27.8. The second-order valence-electron chi connectivity index (χ2n) is 18.5. The quantitative estimate of drug-likeness (QED) is 0.162. The minimum atomic E-state index is -1.45. The number of halogens is 7. The molecule has 0 bridgehead atoms. The summed E-state index contributed by atoms with van der Waals surface area (Å²) in [7, 11) is 10.1. The van der Waals surface area contributed by atoms with Gasteiger partial charge in [-0.05, 0) is 68.1 Å². The Balaban J connectivity index is 0.000000458. The van der Waals surface area contributed by atoms with Crippen LogP contribution < -0.4 is 0 Å². The topological polar surface area (TPSA) is 122 Å². The molecule has 0 N–H and O–H groups in total. The Labute approximate surface area is 400 Å².